The van der Waals surface area contributed by atoms with Gasteiger partial charge in [-0.3, -0.25) is 4.79 Å². The third-order valence-electron chi connectivity index (χ3n) is 3.65. The molecule has 1 aliphatic heterocycles. The summed E-state index contributed by atoms with van der Waals surface area (Å²) in [6.45, 7) is 8.79. The maximum atomic E-state index is 12.1. The number of hydrogen-bond donors (Lipinski definition) is 2. The molecule has 1 aromatic carbocycles. The first kappa shape index (κ1) is 13.5. The van der Waals surface area contributed by atoms with Gasteiger partial charge in [-0.25, -0.2) is 9.98 Å². The molecule has 0 radical (unpaired) electrons. The van der Waals surface area contributed by atoms with E-state index in [2.05, 4.69) is 27.6 Å². The largest absolute Gasteiger partial charge is 0.329 e. The molecule has 0 saturated heterocycles. The molecule has 3 N–H and O–H groups in total. The first-order valence-electron chi connectivity index (χ1n) is 6.78. The van der Waals surface area contributed by atoms with Gasteiger partial charge in [-0.05, 0) is 37.1 Å². The minimum Gasteiger partial charge on any atom is -0.329 e. The summed E-state index contributed by atoms with van der Waals surface area (Å²) in [5.74, 6) is 0.518. The van der Waals surface area contributed by atoms with Gasteiger partial charge >= 0.3 is 0 Å². The molecule has 0 bridgehead atoms. The highest BCUT2D eigenvalue weighted by molar-refractivity contribution is 5.77. The van der Waals surface area contributed by atoms with E-state index in [9.17, 15) is 4.79 Å². The Morgan fingerprint density at radius 1 is 1.33 bits per heavy atom. The minimum absolute atomic E-state index is 0.282. The maximum Gasteiger partial charge on any atom is 0.279 e. The summed E-state index contributed by atoms with van der Waals surface area (Å²) >= 11 is 0. The number of H-pyrrole nitrogens is 1. The van der Waals surface area contributed by atoms with Crippen LogP contribution < -0.4 is 27.0 Å². The summed E-state index contributed by atoms with van der Waals surface area (Å²) in [5, 5.41) is 0.312. The number of aromatic amines is 1. The number of nitrogens with zero attached hydrogens (tertiary/aromatic N) is 3. The molecule has 6 heteroatoms. The van der Waals surface area contributed by atoms with Crippen LogP contribution in [0, 0.1) is 13.8 Å². The third kappa shape index (κ3) is 2.13. The number of hydrogen-bond acceptors (Lipinski definition) is 5. The fourth-order valence-corrected chi connectivity index (χ4v) is 2.47. The molecule has 0 unspecified atom stereocenters. The molecule has 2 aromatic rings. The molecule has 21 heavy (non-hydrogen) atoms. The van der Waals surface area contributed by atoms with Gasteiger partial charge < -0.3 is 15.6 Å². The van der Waals surface area contributed by atoms with Gasteiger partial charge in [-0.2, -0.15) is 0 Å². The van der Waals surface area contributed by atoms with Crippen LogP contribution in [0.15, 0.2) is 21.9 Å². The second-order valence-corrected chi connectivity index (χ2v) is 5.16. The summed E-state index contributed by atoms with van der Waals surface area (Å²) in [6.07, 6.45) is 0. The van der Waals surface area contributed by atoms with E-state index in [0.717, 1.165) is 22.5 Å². The van der Waals surface area contributed by atoms with Gasteiger partial charge in [0.2, 0.25) is 0 Å². The number of nitrogens with one attached hydrogen (secondary N) is 1. The van der Waals surface area contributed by atoms with Gasteiger partial charge in [0, 0.05) is 13.1 Å². The van der Waals surface area contributed by atoms with E-state index >= 15 is 0 Å². The Morgan fingerprint density at radius 2 is 2.05 bits per heavy atom. The summed E-state index contributed by atoms with van der Waals surface area (Å²) in [7, 11) is 0. The molecule has 0 amide bonds. The van der Waals surface area contributed by atoms with Crippen molar-refractivity contribution < 1.29 is 0 Å². The second kappa shape index (κ2) is 4.82. The van der Waals surface area contributed by atoms with Crippen molar-refractivity contribution in [2.75, 3.05) is 18.0 Å². The Bertz CT molecular complexity index is 884. The maximum absolute atomic E-state index is 12.1. The predicted molar refractivity (Wildman–Crippen MR) is 82.8 cm³/mol. The molecular weight excluding hydrogens is 266 g/mol. The average Bonchev–Trinajstić information content (AvgIpc) is 2.42. The first-order valence-corrected chi connectivity index (χ1v) is 6.78. The van der Waals surface area contributed by atoms with E-state index in [-0.39, 0.29) is 5.56 Å². The van der Waals surface area contributed by atoms with Crippen LogP contribution in [0.25, 0.3) is 6.58 Å². The molecule has 6 nitrogen and oxygen atoms in total. The highest BCUT2D eigenvalue weighted by Crippen LogP contribution is 2.36. The second-order valence-electron chi connectivity index (χ2n) is 5.16. The summed E-state index contributed by atoms with van der Waals surface area (Å²) in [6, 6.07) is 4.03. The Hall–Kier alpha value is -2.47. The van der Waals surface area contributed by atoms with E-state index in [1.54, 1.807) is 0 Å². The lowest BCUT2D eigenvalue weighted by Gasteiger charge is -2.28. The van der Waals surface area contributed by atoms with E-state index in [1.807, 2.05) is 24.8 Å². The van der Waals surface area contributed by atoms with Crippen molar-refractivity contribution in [3.63, 3.8) is 0 Å². The zero-order valence-electron chi connectivity index (χ0n) is 12.1. The normalized spacial score (nSPS) is 12.6. The van der Waals surface area contributed by atoms with Crippen LogP contribution >= 0.6 is 0 Å². The molecular formula is C15H17N5O. The number of aryl methyl sites for hydroxylation is 2. The van der Waals surface area contributed by atoms with Crippen molar-refractivity contribution >= 4 is 23.8 Å². The van der Waals surface area contributed by atoms with Crippen LogP contribution in [0.1, 0.15) is 11.1 Å². The Morgan fingerprint density at radius 3 is 2.76 bits per heavy atom. The van der Waals surface area contributed by atoms with E-state index in [4.69, 9.17) is 5.73 Å². The Labute approximate surface area is 121 Å². The summed E-state index contributed by atoms with van der Waals surface area (Å²) in [4.78, 5) is 25.4. The highest BCUT2D eigenvalue weighted by Gasteiger charge is 2.22. The van der Waals surface area contributed by atoms with Gasteiger partial charge in [0.1, 0.15) is 5.48 Å². The van der Waals surface area contributed by atoms with E-state index < -0.39 is 0 Å². The molecule has 0 saturated carbocycles. The molecule has 3 rings (SSSR count). The molecule has 1 aliphatic rings. The quantitative estimate of drug-likeness (QED) is 0.822. The standard InChI is InChI=1S/C15H17N5O/c1-8-6-11-12(7-9(8)2)20(5-4-16)14-13(19-11)15(21)18-10(3)17-14/h6-7H,3-5,16H2,1-2H3,(H,18,21). The number of fused-ring (bicyclic) bond motifs is 2. The van der Waals surface area contributed by atoms with E-state index in [1.165, 1.54) is 0 Å². The number of benzene rings is 1. The van der Waals surface area contributed by atoms with Crippen LogP contribution in [0.2, 0.25) is 0 Å². The number of rotatable bonds is 2. The predicted octanol–water partition coefficient (Wildman–Crippen LogP) is 0.159. The van der Waals surface area contributed by atoms with E-state index in [0.29, 0.717) is 29.7 Å². The van der Waals surface area contributed by atoms with Crippen LogP contribution in [-0.2, 0) is 0 Å². The molecule has 0 aliphatic carbocycles. The van der Waals surface area contributed by atoms with Crippen molar-refractivity contribution in [3.05, 3.63) is 44.5 Å². The highest BCUT2D eigenvalue weighted by atomic mass is 16.1. The minimum atomic E-state index is -0.282. The van der Waals surface area contributed by atoms with Crippen LogP contribution in [0.3, 0.4) is 0 Å². The van der Waals surface area contributed by atoms with Gasteiger partial charge in [0.25, 0.3) is 5.56 Å². The number of anilines is 2. The van der Waals surface area contributed by atoms with Crippen molar-refractivity contribution in [2.45, 2.75) is 13.8 Å². The average molecular weight is 283 g/mol. The topological polar surface area (TPSA) is 87.4 Å². The number of nitrogens with two attached hydrogens (primary N) is 1. The van der Waals surface area contributed by atoms with Crippen molar-refractivity contribution in [3.8, 4) is 0 Å². The third-order valence-corrected chi connectivity index (χ3v) is 3.65. The van der Waals surface area contributed by atoms with Crippen LogP contribution in [0.5, 0.6) is 0 Å². The Balaban J connectivity index is 2.40. The molecule has 0 atom stereocenters. The van der Waals surface area contributed by atoms with Crippen LogP contribution in [-0.4, -0.2) is 23.1 Å². The molecule has 2 heterocycles. The van der Waals surface area contributed by atoms with Crippen molar-refractivity contribution in [1.29, 1.82) is 0 Å². The first-order chi connectivity index (χ1) is 10.0. The fraction of sp³-hybridized carbons (Fsp3) is 0.267. The number of aromatic nitrogens is 2. The van der Waals surface area contributed by atoms with Gasteiger partial charge in [-0.1, -0.05) is 6.58 Å². The molecule has 0 fully saturated rings. The monoisotopic (exact) mass is 283 g/mol. The smallest absolute Gasteiger partial charge is 0.279 e. The summed E-state index contributed by atoms with van der Waals surface area (Å²) < 4.78 is 0. The summed E-state index contributed by atoms with van der Waals surface area (Å²) in [5.41, 5.74) is 9.74. The lowest BCUT2D eigenvalue weighted by atomic mass is 10.1. The lowest BCUT2D eigenvalue weighted by Crippen LogP contribution is -2.43. The fourth-order valence-electron chi connectivity index (χ4n) is 2.47. The Kier molecular flexibility index (Phi) is 3.10. The van der Waals surface area contributed by atoms with Crippen LogP contribution in [0.4, 0.5) is 17.2 Å². The molecule has 1 aromatic heterocycles. The lowest BCUT2D eigenvalue weighted by molar-refractivity contribution is 0.861. The SMILES string of the molecule is C=c1nc2c(c(=O)[nH]1)=Nc1cc(C)c(C)cc1N2CCN. The zero-order chi connectivity index (χ0) is 15.1. The van der Waals surface area contributed by atoms with Gasteiger partial charge in [-0.15, -0.1) is 0 Å². The van der Waals surface area contributed by atoms with Gasteiger partial charge in [0.15, 0.2) is 11.2 Å². The molecule has 108 valence electrons. The van der Waals surface area contributed by atoms with Crippen molar-refractivity contribution in [1.82, 2.24) is 9.97 Å². The van der Waals surface area contributed by atoms with Crippen molar-refractivity contribution in [2.24, 2.45) is 10.7 Å². The van der Waals surface area contributed by atoms with Gasteiger partial charge in [0.05, 0.1) is 11.4 Å². The molecule has 0 spiro atoms. The zero-order valence-corrected chi connectivity index (χ0v) is 12.1.